The van der Waals surface area contributed by atoms with E-state index in [9.17, 15) is 0 Å². The second-order valence-electron chi connectivity index (χ2n) is 3.98. The maximum absolute atomic E-state index is 5.40. The first-order valence-electron chi connectivity index (χ1n) is 6.09. The second kappa shape index (κ2) is 7.41. The lowest BCUT2D eigenvalue weighted by Gasteiger charge is -2.10. The number of imidazole rings is 1. The third kappa shape index (κ3) is 3.94. The quantitative estimate of drug-likeness (QED) is 0.668. The molecule has 1 atom stereocenters. The highest BCUT2D eigenvalue weighted by Crippen LogP contribution is 2.18. The summed E-state index contributed by atoms with van der Waals surface area (Å²) in [7, 11) is 1.73. The number of nitrogens with one attached hydrogen (secondary N) is 2. The number of H-pyrrole nitrogens is 1. The summed E-state index contributed by atoms with van der Waals surface area (Å²) in [5.41, 5.74) is 1.13. The third-order valence-electron chi connectivity index (χ3n) is 2.53. The van der Waals surface area contributed by atoms with Gasteiger partial charge in [0.05, 0.1) is 0 Å². The molecule has 1 heterocycles. The zero-order valence-corrected chi connectivity index (χ0v) is 10.5. The minimum Gasteiger partial charge on any atom is -0.374 e. The zero-order chi connectivity index (χ0) is 11.8. The molecule has 0 bridgehead atoms. The molecule has 0 aromatic carbocycles. The summed E-state index contributed by atoms with van der Waals surface area (Å²) in [6, 6.07) is 0. The molecular formula is C12H23N3O. The summed E-state index contributed by atoms with van der Waals surface area (Å²) in [5.74, 6) is 0.942. The van der Waals surface area contributed by atoms with Crippen molar-refractivity contribution in [1.29, 1.82) is 0 Å². The fraction of sp³-hybridized carbons (Fsp3) is 0.750. The summed E-state index contributed by atoms with van der Waals surface area (Å²) in [5, 5.41) is 3.34. The molecule has 2 N–H and O–H groups in total. The van der Waals surface area contributed by atoms with Crippen LogP contribution >= 0.6 is 0 Å². The van der Waals surface area contributed by atoms with Crippen molar-refractivity contribution in [3.63, 3.8) is 0 Å². The van der Waals surface area contributed by atoms with Crippen LogP contribution in [-0.4, -0.2) is 23.6 Å². The molecule has 4 heteroatoms. The number of rotatable bonds is 8. The number of aromatic nitrogens is 2. The van der Waals surface area contributed by atoms with E-state index in [0.29, 0.717) is 0 Å². The normalized spacial score (nSPS) is 12.9. The molecule has 1 aromatic rings. The Hall–Kier alpha value is -0.870. The molecule has 0 aliphatic carbocycles. The first-order valence-corrected chi connectivity index (χ1v) is 6.09. The molecule has 16 heavy (non-hydrogen) atoms. The summed E-state index contributed by atoms with van der Waals surface area (Å²) in [4.78, 5) is 7.67. The highest BCUT2D eigenvalue weighted by atomic mass is 16.5. The Labute approximate surface area is 97.8 Å². The third-order valence-corrected chi connectivity index (χ3v) is 2.53. The lowest BCUT2D eigenvalue weighted by atomic mass is 10.2. The lowest BCUT2D eigenvalue weighted by molar-refractivity contribution is 0.0882. The Morgan fingerprint density at radius 1 is 1.44 bits per heavy atom. The van der Waals surface area contributed by atoms with Gasteiger partial charge in [0.15, 0.2) is 0 Å². The van der Waals surface area contributed by atoms with Crippen LogP contribution in [-0.2, 0) is 11.3 Å². The first-order chi connectivity index (χ1) is 7.81. The van der Waals surface area contributed by atoms with Gasteiger partial charge in [-0.2, -0.15) is 0 Å². The van der Waals surface area contributed by atoms with E-state index in [0.717, 1.165) is 43.9 Å². The number of nitrogens with zero attached hydrogens (tertiary/aromatic N) is 1. The van der Waals surface area contributed by atoms with E-state index in [2.05, 4.69) is 29.1 Å². The highest BCUT2D eigenvalue weighted by molar-refractivity contribution is 5.03. The average Bonchev–Trinajstić information content (AvgIpc) is 2.75. The van der Waals surface area contributed by atoms with Crippen molar-refractivity contribution >= 4 is 0 Å². The van der Waals surface area contributed by atoms with E-state index in [1.54, 1.807) is 7.11 Å². The Morgan fingerprint density at radius 3 is 2.88 bits per heavy atom. The standard InChI is InChI=1S/C12H23N3O/c1-4-6-11(16-3)12-14-9-10(15-12)8-13-7-5-2/h9,11,13H,4-8H2,1-3H3,(H,14,15). The highest BCUT2D eigenvalue weighted by Gasteiger charge is 2.12. The van der Waals surface area contributed by atoms with Gasteiger partial charge in [0.25, 0.3) is 0 Å². The first kappa shape index (κ1) is 13.2. The van der Waals surface area contributed by atoms with E-state index in [4.69, 9.17) is 4.74 Å². The van der Waals surface area contributed by atoms with Crippen molar-refractivity contribution in [1.82, 2.24) is 15.3 Å². The van der Waals surface area contributed by atoms with Crippen molar-refractivity contribution < 1.29 is 4.74 Å². The molecule has 0 radical (unpaired) electrons. The summed E-state index contributed by atoms with van der Waals surface area (Å²) in [6.07, 6.45) is 5.25. The molecule has 0 fully saturated rings. The molecule has 0 amide bonds. The topological polar surface area (TPSA) is 49.9 Å². The molecule has 0 aliphatic rings. The van der Waals surface area contributed by atoms with Crippen molar-refractivity contribution in [2.45, 2.75) is 45.8 Å². The van der Waals surface area contributed by atoms with Crippen molar-refractivity contribution in [3.05, 3.63) is 17.7 Å². The summed E-state index contributed by atoms with van der Waals surface area (Å²) < 4.78 is 5.40. The molecule has 1 unspecified atom stereocenters. The maximum atomic E-state index is 5.40. The van der Waals surface area contributed by atoms with Crippen LogP contribution in [0.2, 0.25) is 0 Å². The predicted octanol–water partition coefficient (Wildman–Crippen LogP) is 2.40. The largest absolute Gasteiger partial charge is 0.374 e. The number of hydrogen-bond donors (Lipinski definition) is 2. The van der Waals surface area contributed by atoms with Gasteiger partial charge in [0.2, 0.25) is 0 Å². The maximum Gasteiger partial charge on any atom is 0.135 e. The van der Waals surface area contributed by atoms with Crippen LogP contribution in [0, 0.1) is 0 Å². The fourth-order valence-electron chi connectivity index (χ4n) is 1.66. The van der Waals surface area contributed by atoms with E-state index in [-0.39, 0.29) is 6.10 Å². The zero-order valence-electron chi connectivity index (χ0n) is 10.5. The van der Waals surface area contributed by atoms with Gasteiger partial charge in [0.1, 0.15) is 11.9 Å². The minimum absolute atomic E-state index is 0.102. The molecule has 1 rings (SSSR count). The number of ether oxygens (including phenoxy) is 1. The molecule has 0 aliphatic heterocycles. The van der Waals surface area contributed by atoms with Crippen molar-refractivity contribution in [2.75, 3.05) is 13.7 Å². The molecule has 92 valence electrons. The van der Waals surface area contributed by atoms with Gasteiger partial charge in [-0.3, -0.25) is 0 Å². The van der Waals surface area contributed by atoms with Crippen LogP contribution in [0.1, 0.15) is 50.7 Å². The molecule has 0 saturated heterocycles. The number of aromatic amines is 1. The molecular weight excluding hydrogens is 202 g/mol. The van der Waals surface area contributed by atoms with Crippen molar-refractivity contribution in [2.24, 2.45) is 0 Å². The van der Waals surface area contributed by atoms with Crippen LogP contribution in [0.25, 0.3) is 0 Å². The fourth-order valence-corrected chi connectivity index (χ4v) is 1.66. The average molecular weight is 225 g/mol. The van der Waals surface area contributed by atoms with Gasteiger partial charge >= 0.3 is 0 Å². The van der Waals surface area contributed by atoms with Crippen LogP contribution in [0.4, 0.5) is 0 Å². The van der Waals surface area contributed by atoms with Crippen LogP contribution in [0.15, 0.2) is 6.20 Å². The number of hydrogen-bond acceptors (Lipinski definition) is 3. The van der Waals surface area contributed by atoms with Crippen LogP contribution in [0.5, 0.6) is 0 Å². The van der Waals surface area contributed by atoms with Crippen LogP contribution in [0.3, 0.4) is 0 Å². The van der Waals surface area contributed by atoms with Gasteiger partial charge in [0, 0.05) is 25.5 Å². The Morgan fingerprint density at radius 2 is 2.25 bits per heavy atom. The Balaban J connectivity index is 2.48. The van der Waals surface area contributed by atoms with E-state index < -0.39 is 0 Å². The molecule has 1 aromatic heterocycles. The second-order valence-corrected chi connectivity index (χ2v) is 3.98. The van der Waals surface area contributed by atoms with Gasteiger partial charge in [-0.15, -0.1) is 0 Å². The predicted molar refractivity (Wildman–Crippen MR) is 65.2 cm³/mol. The lowest BCUT2D eigenvalue weighted by Crippen LogP contribution is -2.14. The van der Waals surface area contributed by atoms with Crippen molar-refractivity contribution in [3.8, 4) is 0 Å². The monoisotopic (exact) mass is 225 g/mol. The summed E-state index contributed by atoms with van der Waals surface area (Å²) in [6.45, 7) is 6.20. The van der Waals surface area contributed by atoms with Gasteiger partial charge in [-0.1, -0.05) is 20.3 Å². The van der Waals surface area contributed by atoms with Gasteiger partial charge in [-0.05, 0) is 19.4 Å². The Kier molecular flexibility index (Phi) is 6.11. The van der Waals surface area contributed by atoms with E-state index in [1.807, 2.05) is 6.20 Å². The molecule has 0 saturated carbocycles. The van der Waals surface area contributed by atoms with Gasteiger partial charge in [-0.25, -0.2) is 4.98 Å². The molecule has 4 nitrogen and oxygen atoms in total. The Bertz CT molecular complexity index is 286. The van der Waals surface area contributed by atoms with Crippen LogP contribution < -0.4 is 5.32 Å². The SMILES string of the molecule is CCCNCc1cnc(C(CCC)OC)[nH]1. The van der Waals surface area contributed by atoms with E-state index in [1.165, 1.54) is 0 Å². The number of methoxy groups -OCH3 is 1. The minimum atomic E-state index is 0.102. The summed E-state index contributed by atoms with van der Waals surface area (Å²) >= 11 is 0. The van der Waals surface area contributed by atoms with Gasteiger partial charge < -0.3 is 15.0 Å². The molecule has 0 spiro atoms. The smallest absolute Gasteiger partial charge is 0.135 e. The van der Waals surface area contributed by atoms with E-state index >= 15 is 0 Å².